The predicted octanol–water partition coefficient (Wildman–Crippen LogP) is 2.72. The summed E-state index contributed by atoms with van der Waals surface area (Å²) in [7, 11) is 1.99. The minimum Gasteiger partial charge on any atom is -0.365 e. The maximum absolute atomic E-state index is 4.48. The van der Waals surface area contributed by atoms with Crippen LogP contribution in [-0.4, -0.2) is 28.8 Å². The summed E-state index contributed by atoms with van der Waals surface area (Å²) < 4.78 is 0. The lowest BCUT2D eigenvalue weighted by Crippen LogP contribution is -2.21. The van der Waals surface area contributed by atoms with E-state index in [9.17, 15) is 0 Å². The number of anilines is 2. The van der Waals surface area contributed by atoms with Gasteiger partial charge in [0.15, 0.2) is 5.82 Å². The summed E-state index contributed by atoms with van der Waals surface area (Å²) in [4.78, 5) is 6.51. The number of nitrogens with zero attached hydrogens (tertiary/aromatic N) is 4. The van der Waals surface area contributed by atoms with Crippen molar-refractivity contribution < 1.29 is 0 Å². The fourth-order valence-electron chi connectivity index (χ4n) is 1.82. The van der Waals surface area contributed by atoms with Crippen LogP contribution >= 0.6 is 0 Å². The van der Waals surface area contributed by atoms with Gasteiger partial charge in [-0.15, -0.1) is 5.10 Å². The Hall–Kier alpha value is -2.17. The highest BCUT2D eigenvalue weighted by Crippen LogP contribution is 2.10. The molecule has 1 aromatic heterocycles. The molecule has 5 heteroatoms. The van der Waals surface area contributed by atoms with Gasteiger partial charge in [-0.3, -0.25) is 0 Å². The SMILES string of the molecule is CCCCN(C)c1nncc(NCc2ccccc2)n1. The molecule has 0 radical (unpaired) electrons. The average molecular weight is 271 g/mol. The van der Waals surface area contributed by atoms with Gasteiger partial charge in [0, 0.05) is 20.1 Å². The summed E-state index contributed by atoms with van der Waals surface area (Å²) in [6.45, 7) is 3.85. The third-order valence-electron chi connectivity index (χ3n) is 3.05. The van der Waals surface area contributed by atoms with Crippen molar-refractivity contribution in [3.8, 4) is 0 Å². The molecule has 0 atom stereocenters. The second-order valence-corrected chi connectivity index (χ2v) is 4.76. The van der Waals surface area contributed by atoms with Gasteiger partial charge in [0.1, 0.15) is 0 Å². The molecule has 0 unspecified atom stereocenters. The van der Waals surface area contributed by atoms with E-state index < -0.39 is 0 Å². The molecule has 0 amide bonds. The Morgan fingerprint density at radius 3 is 2.75 bits per heavy atom. The zero-order valence-corrected chi connectivity index (χ0v) is 12.1. The first-order valence-corrected chi connectivity index (χ1v) is 6.98. The summed E-state index contributed by atoms with van der Waals surface area (Å²) in [5.74, 6) is 1.42. The highest BCUT2D eigenvalue weighted by molar-refractivity contribution is 5.39. The molecule has 1 heterocycles. The van der Waals surface area contributed by atoms with E-state index in [0.29, 0.717) is 5.95 Å². The molecule has 1 N–H and O–H groups in total. The number of unbranched alkanes of at least 4 members (excludes halogenated alkanes) is 1. The van der Waals surface area contributed by atoms with E-state index in [1.807, 2.05) is 30.1 Å². The van der Waals surface area contributed by atoms with Crippen LogP contribution in [0.2, 0.25) is 0 Å². The van der Waals surface area contributed by atoms with Gasteiger partial charge >= 0.3 is 0 Å². The normalized spacial score (nSPS) is 10.3. The molecule has 0 saturated heterocycles. The first kappa shape index (κ1) is 14.2. The molecule has 0 aliphatic rings. The standard InChI is InChI=1S/C15H21N5/c1-3-4-10-20(2)15-18-14(12-17-19-15)16-11-13-8-6-5-7-9-13/h5-9,12H,3-4,10-11H2,1-2H3,(H,16,18,19). The largest absolute Gasteiger partial charge is 0.365 e. The molecular weight excluding hydrogens is 250 g/mol. The second-order valence-electron chi connectivity index (χ2n) is 4.76. The molecule has 1 aromatic carbocycles. The summed E-state index contributed by atoms with van der Waals surface area (Å²) in [5, 5.41) is 11.4. The number of hydrogen-bond acceptors (Lipinski definition) is 5. The smallest absolute Gasteiger partial charge is 0.247 e. The molecule has 0 aliphatic carbocycles. The number of hydrogen-bond donors (Lipinski definition) is 1. The maximum Gasteiger partial charge on any atom is 0.247 e. The minimum atomic E-state index is 0.663. The van der Waals surface area contributed by atoms with Gasteiger partial charge in [0.2, 0.25) is 5.95 Å². The number of benzene rings is 1. The lowest BCUT2D eigenvalue weighted by molar-refractivity contribution is 0.740. The number of nitrogens with one attached hydrogen (secondary N) is 1. The average Bonchev–Trinajstić information content (AvgIpc) is 2.52. The Bertz CT molecular complexity index is 515. The first-order chi connectivity index (χ1) is 9.79. The lowest BCUT2D eigenvalue weighted by Gasteiger charge is -2.16. The Labute approximate surface area is 120 Å². The van der Waals surface area contributed by atoms with Crippen molar-refractivity contribution in [3.63, 3.8) is 0 Å². The van der Waals surface area contributed by atoms with E-state index in [0.717, 1.165) is 31.7 Å². The maximum atomic E-state index is 4.48. The van der Waals surface area contributed by atoms with Crippen molar-refractivity contribution in [3.05, 3.63) is 42.1 Å². The topological polar surface area (TPSA) is 53.9 Å². The Morgan fingerprint density at radius 2 is 2.00 bits per heavy atom. The monoisotopic (exact) mass is 271 g/mol. The van der Waals surface area contributed by atoms with Gasteiger partial charge in [-0.25, -0.2) is 0 Å². The number of aromatic nitrogens is 3. The van der Waals surface area contributed by atoms with Crippen LogP contribution in [0.3, 0.4) is 0 Å². The first-order valence-electron chi connectivity index (χ1n) is 6.98. The molecule has 2 rings (SSSR count). The fourth-order valence-corrected chi connectivity index (χ4v) is 1.82. The van der Waals surface area contributed by atoms with Crippen molar-refractivity contribution in [2.75, 3.05) is 23.8 Å². The van der Waals surface area contributed by atoms with Crippen molar-refractivity contribution >= 4 is 11.8 Å². The molecule has 0 fully saturated rings. The van der Waals surface area contributed by atoms with E-state index in [4.69, 9.17) is 0 Å². The zero-order chi connectivity index (χ0) is 14.2. The van der Waals surface area contributed by atoms with Crippen LogP contribution in [0.1, 0.15) is 25.3 Å². The molecule has 2 aromatic rings. The van der Waals surface area contributed by atoms with Crippen molar-refractivity contribution in [1.29, 1.82) is 0 Å². The molecule has 0 saturated carbocycles. The van der Waals surface area contributed by atoms with Crippen LogP contribution in [0, 0.1) is 0 Å². The quantitative estimate of drug-likeness (QED) is 0.839. The number of rotatable bonds is 7. The molecule has 0 spiro atoms. The van der Waals surface area contributed by atoms with Crippen LogP contribution in [0.25, 0.3) is 0 Å². The highest BCUT2D eigenvalue weighted by Gasteiger charge is 2.05. The zero-order valence-electron chi connectivity index (χ0n) is 12.1. The highest BCUT2D eigenvalue weighted by atomic mass is 15.3. The van der Waals surface area contributed by atoms with Gasteiger partial charge in [-0.05, 0) is 12.0 Å². The molecule has 0 aliphatic heterocycles. The van der Waals surface area contributed by atoms with Crippen LogP contribution in [-0.2, 0) is 6.54 Å². The van der Waals surface area contributed by atoms with E-state index in [1.54, 1.807) is 6.20 Å². The third kappa shape index (κ3) is 4.19. The summed E-state index contributed by atoms with van der Waals surface area (Å²) >= 11 is 0. The second kappa shape index (κ2) is 7.43. The van der Waals surface area contributed by atoms with Crippen LogP contribution in [0.15, 0.2) is 36.5 Å². The molecule has 106 valence electrons. The van der Waals surface area contributed by atoms with Crippen LogP contribution in [0.5, 0.6) is 0 Å². The Kier molecular flexibility index (Phi) is 5.29. The molecular formula is C15H21N5. The molecule has 20 heavy (non-hydrogen) atoms. The predicted molar refractivity (Wildman–Crippen MR) is 81.8 cm³/mol. The Morgan fingerprint density at radius 1 is 1.20 bits per heavy atom. The summed E-state index contributed by atoms with van der Waals surface area (Å²) in [6, 6.07) is 10.2. The van der Waals surface area contributed by atoms with Gasteiger partial charge in [-0.1, -0.05) is 43.7 Å². The van der Waals surface area contributed by atoms with E-state index >= 15 is 0 Å². The fraction of sp³-hybridized carbons (Fsp3) is 0.400. The van der Waals surface area contributed by atoms with E-state index in [1.165, 1.54) is 5.56 Å². The Balaban J connectivity index is 1.95. The van der Waals surface area contributed by atoms with E-state index in [2.05, 4.69) is 39.6 Å². The summed E-state index contributed by atoms with van der Waals surface area (Å²) in [6.07, 6.45) is 3.94. The van der Waals surface area contributed by atoms with Crippen LogP contribution < -0.4 is 10.2 Å². The minimum absolute atomic E-state index is 0.663. The summed E-state index contributed by atoms with van der Waals surface area (Å²) in [5.41, 5.74) is 1.21. The van der Waals surface area contributed by atoms with Crippen molar-refractivity contribution in [1.82, 2.24) is 15.2 Å². The van der Waals surface area contributed by atoms with Gasteiger partial charge < -0.3 is 10.2 Å². The third-order valence-corrected chi connectivity index (χ3v) is 3.05. The van der Waals surface area contributed by atoms with Crippen molar-refractivity contribution in [2.45, 2.75) is 26.3 Å². The van der Waals surface area contributed by atoms with E-state index in [-0.39, 0.29) is 0 Å². The molecule has 5 nitrogen and oxygen atoms in total. The van der Waals surface area contributed by atoms with Gasteiger partial charge in [0.25, 0.3) is 0 Å². The van der Waals surface area contributed by atoms with Gasteiger partial charge in [0.05, 0.1) is 6.20 Å². The van der Waals surface area contributed by atoms with Crippen molar-refractivity contribution in [2.24, 2.45) is 0 Å². The lowest BCUT2D eigenvalue weighted by atomic mass is 10.2. The molecule has 0 bridgehead atoms. The van der Waals surface area contributed by atoms with Gasteiger partial charge in [-0.2, -0.15) is 10.1 Å². The van der Waals surface area contributed by atoms with Crippen LogP contribution in [0.4, 0.5) is 11.8 Å².